The van der Waals surface area contributed by atoms with E-state index in [9.17, 15) is 4.79 Å². The molecule has 2 N–H and O–H groups in total. The number of anilines is 1. The van der Waals surface area contributed by atoms with E-state index in [1.165, 1.54) is 0 Å². The smallest absolute Gasteiger partial charge is 0.259 e. The summed E-state index contributed by atoms with van der Waals surface area (Å²) in [7, 11) is 0. The first-order valence-electron chi connectivity index (χ1n) is 6.20. The SMILES string of the molecule is O=C(CNc1ccc(I)cc1)N/N=C\c1ccc(Cl)cc1. The van der Waals surface area contributed by atoms with Gasteiger partial charge in [0.05, 0.1) is 12.8 Å². The molecule has 0 fully saturated rings. The molecule has 0 unspecified atom stereocenters. The lowest BCUT2D eigenvalue weighted by Crippen LogP contribution is -2.25. The van der Waals surface area contributed by atoms with E-state index in [0.29, 0.717) is 5.02 Å². The van der Waals surface area contributed by atoms with Crippen molar-refractivity contribution in [2.45, 2.75) is 0 Å². The van der Waals surface area contributed by atoms with Crippen molar-refractivity contribution in [3.63, 3.8) is 0 Å². The normalized spacial score (nSPS) is 10.6. The van der Waals surface area contributed by atoms with Crippen LogP contribution in [0, 0.1) is 3.57 Å². The minimum atomic E-state index is -0.209. The van der Waals surface area contributed by atoms with Gasteiger partial charge in [0, 0.05) is 14.3 Å². The molecule has 0 heterocycles. The van der Waals surface area contributed by atoms with Gasteiger partial charge in [0.1, 0.15) is 0 Å². The Morgan fingerprint density at radius 2 is 1.81 bits per heavy atom. The summed E-state index contributed by atoms with van der Waals surface area (Å²) in [4.78, 5) is 11.6. The third-order valence-electron chi connectivity index (χ3n) is 2.57. The van der Waals surface area contributed by atoms with E-state index in [0.717, 1.165) is 14.8 Å². The molecule has 6 heteroatoms. The summed E-state index contributed by atoms with van der Waals surface area (Å²) >= 11 is 8.01. The third-order valence-corrected chi connectivity index (χ3v) is 3.54. The van der Waals surface area contributed by atoms with Gasteiger partial charge >= 0.3 is 0 Å². The number of hydrogen-bond donors (Lipinski definition) is 2. The van der Waals surface area contributed by atoms with E-state index >= 15 is 0 Å². The van der Waals surface area contributed by atoms with Crippen LogP contribution in [0.25, 0.3) is 0 Å². The van der Waals surface area contributed by atoms with Crippen molar-refractivity contribution in [2.75, 3.05) is 11.9 Å². The number of halogens is 2. The number of amides is 1. The molecule has 0 atom stereocenters. The molecule has 0 bridgehead atoms. The van der Waals surface area contributed by atoms with Crippen molar-refractivity contribution >= 4 is 52.0 Å². The van der Waals surface area contributed by atoms with Gasteiger partial charge in [0.15, 0.2) is 0 Å². The van der Waals surface area contributed by atoms with Gasteiger partial charge in [-0.15, -0.1) is 0 Å². The number of carbonyl (C=O) groups excluding carboxylic acids is 1. The Bertz CT molecular complexity index is 626. The number of benzene rings is 2. The van der Waals surface area contributed by atoms with Crippen molar-refractivity contribution in [3.8, 4) is 0 Å². The number of nitrogens with one attached hydrogen (secondary N) is 2. The Morgan fingerprint density at radius 3 is 2.48 bits per heavy atom. The lowest BCUT2D eigenvalue weighted by molar-refractivity contribution is -0.119. The van der Waals surface area contributed by atoms with Gasteiger partial charge < -0.3 is 5.32 Å². The predicted octanol–water partition coefficient (Wildman–Crippen LogP) is 3.51. The monoisotopic (exact) mass is 413 g/mol. The molecule has 2 aromatic carbocycles. The molecule has 0 aromatic heterocycles. The topological polar surface area (TPSA) is 53.5 Å². The van der Waals surface area contributed by atoms with Gasteiger partial charge in [-0.1, -0.05) is 23.7 Å². The van der Waals surface area contributed by atoms with Crippen LogP contribution in [-0.2, 0) is 4.79 Å². The highest BCUT2D eigenvalue weighted by Crippen LogP contribution is 2.10. The summed E-state index contributed by atoms with van der Waals surface area (Å²) in [5.41, 5.74) is 4.22. The molecule has 0 aliphatic rings. The van der Waals surface area contributed by atoms with Gasteiger partial charge in [0.2, 0.25) is 0 Å². The summed E-state index contributed by atoms with van der Waals surface area (Å²) < 4.78 is 1.15. The molecule has 0 spiro atoms. The van der Waals surface area contributed by atoms with Crippen LogP contribution in [0.5, 0.6) is 0 Å². The molecule has 0 aliphatic carbocycles. The van der Waals surface area contributed by atoms with Crippen molar-refractivity contribution in [2.24, 2.45) is 5.10 Å². The van der Waals surface area contributed by atoms with E-state index in [1.54, 1.807) is 18.3 Å². The number of rotatable bonds is 5. The van der Waals surface area contributed by atoms with E-state index in [-0.39, 0.29) is 12.5 Å². The number of hydrazone groups is 1. The molecule has 4 nitrogen and oxygen atoms in total. The lowest BCUT2D eigenvalue weighted by atomic mass is 10.2. The van der Waals surface area contributed by atoms with E-state index in [1.807, 2.05) is 36.4 Å². The summed E-state index contributed by atoms with van der Waals surface area (Å²) in [5.74, 6) is -0.209. The minimum absolute atomic E-state index is 0.165. The maximum Gasteiger partial charge on any atom is 0.259 e. The van der Waals surface area contributed by atoms with Crippen LogP contribution in [0.1, 0.15) is 5.56 Å². The van der Waals surface area contributed by atoms with Crippen molar-refractivity contribution in [1.82, 2.24) is 5.43 Å². The second-order valence-corrected chi connectivity index (χ2v) is 5.89. The molecule has 0 saturated heterocycles. The molecular weight excluding hydrogens is 401 g/mol. The highest BCUT2D eigenvalue weighted by Gasteiger charge is 1.99. The Labute approximate surface area is 141 Å². The molecule has 0 aliphatic heterocycles. The van der Waals surface area contributed by atoms with Crippen LogP contribution in [0.15, 0.2) is 53.6 Å². The van der Waals surface area contributed by atoms with E-state index < -0.39 is 0 Å². The maximum atomic E-state index is 11.6. The molecule has 1 amide bonds. The summed E-state index contributed by atoms with van der Waals surface area (Å²) in [5, 5.41) is 7.57. The first-order valence-corrected chi connectivity index (χ1v) is 7.66. The van der Waals surface area contributed by atoms with E-state index in [2.05, 4.69) is 38.4 Å². The molecule has 108 valence electrons. The first kappa shape index (κ1) is 15.8. The summed E-state index contributed by atoms with van der Waals surface area (Å²) in [6, 6.07) is 15.0. The van der Waals surface area contributed by atoms with Crippen molar-refractivity contribution in [3.05, 3.63) is 62.7 Å². The fraction of sp³-hybridized carbons (Fsp3) is 0.0667. The van der Waals surface area contributed by atoms with Crippen LogP contribution in [-0.4, -0.2) is 18.7 Å². The molecule has 0 saturated carbocycles. The zero-order chi connectivity index (χ0) is 15.1. The zero-order valence-corrected chi connectivity index (χ0v) is 13.9. The van der Waals surface area contributed by atoms with Crippen LogP contribution >= 0.6 is 34.2 Å². The first-order chi connectivity index (χ1) is 10.1. The van der Waals surface area contributed by atoms with E-state index in [4.69, 9.17) is 11.6 Å². The van der Waals surface area contributed by atoms with Crippen LogP contribution in [0.4, 0.5) is 5.69 Å². The molecule has 2 rings (SSSR count). The van der Waals surface area contributed by atoms with Crippen LogP contribution in [0.2, 0.25) is 5.02 Å². The standard InChI is InChI=1S/C15H13ClIN3O/c16-12-3-1-11(2-4-12)9-19-20-15(21)10-18-14-7-5-13(17)6-8-14/h1-9,18H,10H2,(H,20,21)/b19-9-. The van der Waals surface area contributed by atoms with Crippen LogP contribution < -0.4 is 10.7 Å². The van der Waals surface area contributed by atoms with Crippen molar-refractivity contribution < 1.29 is 4.79 Å². The van der Waals surface area contributed by atoms with Crippen molar-refractivity contribution in [1.29, 1.82) is 0 Å². The minimum Gasteiger partial charge on any atom is -0.376 e. The third kappa shape index (κ3) is 5.73. The molecular formula is C15H13ClIN3O. The molecule has 0 radical (unpaired) electrons. The van der Waals surface area contributed by atoms with Gasteiger partial charge in [-0.2, -0.15) is 5.10 Å². The number of hydrogen-bond acceptors (Lipinski definition) is 3. The molecule has 2 aromatic rings. The highest BCUT2D eigenvalue weighted by molar-refractivity contribution is 14.1. The fourth-order valence-corrected chi connectivity index (χ4v) is 2.00. The Balaban J connectivity index is 1.77. The Hall–Kier alpha value is -1.60. The zero-order valence-electron chi connectivity index (χ0n) is 11.0. The quantitative estimate of drug-likeness (QED) is 0.448. The van der Waals surface area contributed by atoms with Gasteiger partial charge in [0.25, 0.3) is 5.91 Å². The number of carbonyl (C=O) groups is 1. The van der Waals surface area contributed by atoms with Gasteiger partial charge in [-0.25, -0.2) is 5.43 Å². The average molecular weight is 414 g/mol. The summed E-state index contributed by atoms with van der Waals surface area (Å²) in [6.45, 7) is 0.165. The predicted molar refractivity (Wildman–Crippen MR) is 94.8 cm³/mol. The largest absolute Gasteiger partial charge is 0.376 e. The maximum absolute atomic E-state index is 11.6. The summed E-state index contributed by atoms with van der Waals surface area (Å²) in [6.07, 6.45) is 1.57. The lowest BCUT2D eigenvalue weighted by Gasteiger charge is -2.05. The number of nitrogens with zero attached hydrogens (tertiary/aromatic N) is 1. The van der Waals surface area contributed by atoms with Crippen LogP contribution in [0.3, 0.4) is 0 Å². The molecule has 21 heavy (non-hydrogen) atoms. The Morgan fingerprint density at radius 1 is 1.14 bits per heavy atom. The highest BCUT2D eigenvalue weighted by atomic mass is 127. The Kier molecular flexibility index (Phi) is 6.01. The fourth-order valence-electron chi connectivity index (χ4n) is 1.52. The van der Waals surface area contributed by atoms with Gasteiger partial charge in [-0.05, 0) is 64.6 Å². The average Bonchev–Trinajstić information content (AvgIpc) is 2.49. The van der Waals surface area contributed by atoms with Gasteiger partial charge in [-0.3, -0.25) is 4.79 Å². The second-order valence-electron chi connectivity index (χ2n) is 4.21. The second kappa shape index (κ2) is 7.99.